The molecule has 0 aromatic carbocycles. The Kier molecular flexibility index (Phi) is 5.25. The summed E-state index contributed by atoms with van der Waals surface area (Å²) < 4.78 is 26.6. The molecule has 7 nitrogen and oxygen atoms in total. The number of anilines is 1. The molecular formula is C20H27N5O2S. The number of pyridine rings is 1. The Morgan fingerprint density at radius 1 is 1.25 bits per heavy atom. The van der Waals surface area contributed by atoms with Crippen molar-refractivity contribution in [2.24, 2.45) is 13.0 Å². The first kappa shape index (κ1) is 19.1. The molecule has 2 aromatic rings. The molecule has 2 atom stereocenters. The van der Waals surface area contributed by atoms with Gasteiger partial charge in [0, 0.05) is 42.9 Å². The molecule has 8 heteroatoms. The number of fused-ring (bicyclic) bond motifs is 1. The molecule has 28 heavy (non-hydrogen) atoms. The van der Waals surface area contributed by atoms with Gasteiger partial charge in [-0.1, -0.05) is 19.3 Å². The number of carbonyl (C=O) groups is 1. The van der Waals surface area contributed by atoms with Gasteiger partial charge in [-0.2, -0.15) is 0 Å². The SMILES string of the molecule is Cn1cc2c(c1C(=O)Nc1ccncc1)CCC(C1CCCCC1)NS2(=N)=O. The van der Waals surface area contributed by atoms with Crippen LogP contribution >= 0.6 is 0 Å². The number of aromatic nitrogens is 2. The highest BCUT2D eigenvalue weighted by molar-refractivity contribution is 7.90. The van der Waals surface area contributed by atoms with Crippen LogP contribution in [0.5, 0.6) is 0 Å². The van der Waals surface area contributed by atoms with Crippen LogP contribution in [0.3, 0.4) is 0 Å². The molecule has 0 spiro atoms. The van der Waals surface area contributed by atoms with E-state index < -0.39 is 9.92 Å². The lowest BCUT2D eigenvalue weighted by molar-refractivity contribution is 0.101. The Morgan fingerprint density at radius 3 is 2.68 bits per heavy atom. The van der Waals surface area contributed by atoms with Gasteiger partial charge in [0.15, 0.2) is 0 Å². The van der Waals surface area contributed by atoms with E-state index in [1.165, 1.54) is 19.3 Å². The number of rotatable bonds is 3. The molecule has 2 aliphatic rings. The Hall–Kier alpha value is -2.19. The van der Waals surface area contributed by atoms with Crippen LogP contribution in [0.15, 0.2) is 35.6 Å². The number of aryl methyl sites for hydroxylation is 1. The quantitative estimate of drug-likeness (QED) is 0.734. The molecule has 150 valence electrons. The predicted octanol–water partition coefficient (Wildman–Crippen LogP) is 3.48. The van der Waals surface area contributed by atoms with Gasteiger partial charge in [-0.05, 0) is 43.7 Å². The van der Waals surface area contributed by atoms with E-state index in [0.29, 0.717) is 28.6 Å². The summed E-state index contributed by atoms with van der Waals surface area (Å²) in [7, 11) is -1.38. The Bertz CT molecular complexity index is 962. The van der Waals surface area contributed by atoms with Crippen molar-refractivity contribution in [1.82, 2.24) is 14.3 Å². The molecular weight excluding hydrogens is 374 g/mol. The van der Waals surface area contributed by atoms with Crippen LogP contribution in [-0.4, -0.2) is 25.7 Å². The summed E-state index contributed by atoms with van der Waals surface area (Å²) in [5.74, 6) is 0.216. The van der Waals surface area contributed by atoms with Gasteiger partial charge in [0.1, 0.15) is 15.6 Å². The van der Waals surface area contributed by atoms with Crippen LogP contribution in [0.2, 0.25) is 0 Å². The third-order valence-corrected chi connectivity index (χ3v) is 7.56. The van der Waals surface area contributed by atoms with Crippen LogP contribution in [0, 0.1) is 10.7 Å². The third kappa shape index (κ3) is 3.71. The summed E-state index contributed by atoms with van der Waals surface area (Å²) in [4.78, 5) is 17.4. The number of hydrogen-bond acceptors (Lipinski definition) is 4. The van der Waals surface area contributed by atoms with Crippen LogP contribution in [-0.2, 0) is 23.4 Å². The fraction of sp³-hybridized carbons (Fsp3) is 0.500. The molecule has 1 saturated carbocycles. The van der Waals surface area contributed by atoms with E-state index in [1.807, 2.05) is 0 Å². The molecule has 1 amide bonds. The second-order valence-corrected chi connectivity index (χ2v) is 9.63. The lowest BCUT2D eigenvalue weighted by atomic mass is 9.82. The second kappa shape index (κ2) is 7.67. The van der Waals surface area contributed by atoms with E-state index in [2.05, 4.69) is 15.0 Å². The van der Waals surface area contributed by atoms with Gasteiger partial charge in [0.25, 0.3) is 5.91 Å². The first-order valence-electron chi connectivity index (χ1n) is 9.91. The largest absolute Gasteiger partial charge is 0.345 e. The van der Waals surface area contributed by atoms with Gasteiger partial charge < -0.3 is 9.88 Å². The molecule has 1 aliphatic carbocycles. The molecule has 1 aliphatic heterocycles. The topological polar surface area (TPSA) is 99.9 Å². The second-order valence-electron chi connectivity index (χ2n) is 7.84. The third-order valence-electron chi connectivity index (χ3n) is 5.95. The summed E-state index contributed by atoms with van der Waals surface area (Å²) in [6, 6.07) is 3.53. The number of carbonyl (C=O) groups excluding carboxylic acids is 1. The highest BCUT2D eigenvalue weighted by atomic mass is 32.2. The monoisotopic (exact) mass is 401 g/mol. The van der Waals surface area contributed by atoms with Crippen molar-refractivity contribution < 1.29 is 9.00 Å². The summed E-state index contributed by atoms with van der Waals surface area (Å²) in [6.07, 6.45) is 12.3. The predicted molar refractivity (Wildman–Crippen MR) is 109 cm³/mol. The number of hydrogen-bond donors (Lipinski definition) is 3. The average molecular weight is 402 g/mol. The van der Waals surface area contributed by atoms with E-state index in [0.717, 1.165) is 24.8 Å². The van der Waals surface area contributed by atoms with Gasteiger partial charge in [0.2, 0.25) is 0 Å². The van der Waals surface area contributed by atoms with Crippen molar-refractivity contribution in [3.63, 3.8) is 0 Å². The molecule has 0 saturated heterocycles. The Labute approximate surface area is 166 Å². The highest BCUT2D eigenvalue weighted by Gasteiger charge is 2.34. The Morgan fingerprint density at radius 2 is 1.96 bits per heavy atom. The summed E-state index contributed by atoms with van der Waals surface area (Å²) >= 11 is 0. The van der Waals surface area contributed by atoms with Gasteiger partial charge in [-0.15, -0.1) is 0 Å². The number of nitrogens with zero attached hydrogens (tertiary/aromatic N) is 2. The summed E-state index contributed by atoms with van der Waals surface area (Å²) in [6.45, 7) is 0. The average Bonchev–Trinajstić information content (AvgIpc) is 2.97. The zero-order valence-corrected chi connectivity index (χ0v) is 16.9. The number of amides is 1. The smallest absolute Gasteiger partial charge is 0.272 e. The first-order chi connectivity index (χ1) is 13.5. The van der Waals surface area contributed by atoms with Crippen molar-refractivity contribution in [2.45, 2.75) is 55.9 Å². The fourth-order valence-electron chi connectivity index (χ4n) is 4.56. The molecule has 1 fully saturated rings. The van der Waals surface area contributed by atoms with Gasteiger partial charge in [0.05, 0.1) is 4.90 Å². The molecule has 0 radical (unpaired) electrons. The minimum Gasteiger partial charge on any atom is -0.345 e. The van der Waals surface area contributed by atoms with Crippen molar-refractivity contribution in [3.8, 4) is 0 Å². The molecule has 2 aromatic heterocycles. The van der Waals surface area contributed by atoms with Crippen LogP contribution in [0.1, 0.15) is 54.6 Å². The zero-order chi connectivity index (χ0) is 19.7. The van der Waals surface area contributed by atoms with E-state index in [4.69, 9.17) is 4.78 Å². The summed E-state index contributed by atoms with van der Waals surface area (Å²) in [5, 5.41) is 2.88. The van der Waals surface area contributed by atoms with E-state index >= 15 is 0 Å². The summed E-state index contributed by atoms with van der Waals surface area (Å²) in [5.41, 5.74) is 1.88. The molecule has 3 heterocycles. The van der Waals surface area contributed by atoms with Crippen molar-refractivity contribution in [1.29, 1.82) is 4.78 Å². The Balaban J connectivity index is 1.63. The van der Waals surface area contributed by atoms with Gasteiger partial charge >= 0.3 is 0 Å². The number of nitrogens with one attached hydrogen (secondary N) is 3. The van der Waals surface area contributed by atoms with E-state index in [1.54, 1.807) is 42.3 Å². The van der Waals surface area contributed by atoms with Crippen LogP contribution in [0.25, 0.3) is 0 Å². The van der Waals surface area contributed by atoms with E-state index in [-0.39, 0.29) is 11.9 Å². The lowest BCUT2D eigenvalue weighted by Crippen LogP contribution is -2.39. The first-order valence-corrected chi connectivity index (χ1v) is 11.5. The molecule has 0 bridgehead atoms. The normalized spacial score (nSPS) is 25.7. The van der Waals surface area contributed by atoms with Crippen LogP contribution in [0.4, 0.5) is 5.69 Å². The zero-order valence-electron chi connectivity index (χ0n) is 16.1. The minimum atomic E-state index is -3.15. The minimum absolute atomic E-state index is 0.0686. The molecule has 4 rings (SSSR count). The van der Waals surface area contributed by atoms with Gasteiger partial charge in [-0.3, -0.25) is 9.78 Å². The lowest BCUT2D eigenvalue weighted by Gasteiger charge is -2.30. The molecule has 3 N–H and O–H groups in total. The molecule has 2 unspecified atom stereocenters. The van der Waals surface area contributed by atoms with Crippen molar-refractivity contribution in [2.75, 3.05) is 5.32 Å². The fourth-order valence-corrected chi connectivity index (χ4v) is 6.28. The van der Waals surface area contributed by atoms with Gasteiger partial charge in [-0.25, -0.2) is 13.7 Å². The standard InChI is InChI=1S/C20H27N5O2S/c1-25-13-18-16(19(25)20(26)23-15-9-11-22-12-10-15)7-8-17(24-28(18,21)27)14-5-3-2-4-6-14/h9-14,17H,2-8H2,1H3,(H2,21,24,27)(H,22,23,26). The van der Waals surface area contributed by atoms with Crippen molar-refractivity contribution >= 4 is 21.5 Å². The maximum atomic E-state index is 13.3. The van der Waals surface area contributed by atoms with E-state index in [9.17, 15) is 9.00 Å². The highest BCUT2D eigenvalue weighted by Crippen LogP contribution is 2.34. The maximum Gasteiger partial charge on any atom is 0.272 e. The van der Waals surface area contributed by atoms with Crippen molar-refractivity contribution in [3.05, 3.63) is 42.0 Å². The maximum absolute atomic E-state index is 13.3. The van der Waals surface area contributed by atoms with Crippen LogP contribution < -0.4 is 10.0 Å².